The summed E-state index contributed by atoms with van der Waals surface area (Å²) in [6.07, 6.45) is 3.95. The summed E-state index contributed by atoms with van der Waals surface area (Å²) in [4.78, 5) is 25.7. The standard InChI is InChI=1S/C24H30N4O3S/c1-16-20-23(31-3)26-19(15-30-2)27-24(20)32-21(16)22(29)25-13-17-7-9-18(10-8-17)14-28-11-5-4-6-12-28/h7-10H,4-6,11-15H2,1-3H3,(H,25,29). The predicted octanol–water partition coefficient (Wildman–Crippen LogP) is 4.07. The van der Waals surface area contributed by atoms with E-state index in [2.05, 4.69) is 44.5 Å². The van der Waals surface area contributed by atoms with E-state index in [0.717, 1.165) is 27.9 Å². The van der Waals surface area contributed by atoms with Gasteiger partial charge in [-0.2, -0.15) is 4.98 Å². The number of aryl methyl sites for hydroxylation is 1. The molecule has 0 bridgehead atoms. The van der Waals surface area contributed by atoms with Crippen LogP contribution in [0.25, 0.3) is 10.2 Å². The number of rotatable bonds is 8. The molecule has 0 unspecified atom stereocenters. The maximum atomic E-state index is 12.9. The zero-order valence-corrected chi connectivity index (χ0v) is 19.8. The van der Waals surface area contributed by atoms with Gasteiger partial charge in [0.1, 0.15) is 11.4 Å². The van der Waals surface area contributed by atoms with Gasteiger partial charge in [-0.25, -0.2) is 4.98 Å². The molecule has 0 aliphatic carbocycles. The van der Waals surface area contributed by atoms with Crippen molar-refractivity contribution in [3.8, 4) is 5.88 Å². The van der Waals surface area contributed by atoms with Crippen molar-refractivity contribution in [1.29, 1.82) is 0 Å². The van der Waals surface area contributed by atoms with Gasteiger partial charge in [0.15, 0.2) is 5.82 Å². The first-order chi connectivity index (χ1) is 15.6. The Hall–Kier alpha value is -2.55. The van der Waals surface area contributed by atoms with Gasteiger partial charge in [-0.15, -0.1) is 11.3 Å². The van der Waals surface area contributed by atoms with Crippen LogP contribution >= 0.6 is 11.3 Å². The van der Waals surface area contributed by atoms with Crippen LogP contribution in [0, 0.1) is 6.92 Å². The summed E-state index contributed by atoms with van der Waals surface area (Å²) >= 11 is 1.35. The van der Waals surface area contributed by atoms with E-state index < -0.39 is 0 Å². The number of likely N-dealkylation sites (tertiary alicyclic amines) is 1. The lowest BCUT2D eigenvalue weighted by Crippen LogP contribution is -2.29. The molecular formula is C24H30N4O3S. The Morgan fingerprint density at radius 1 is 1.09 bits per heavy atom. The van der Waals surface area contributed by atoms with Crippen LogP contribution in [0.4, 0.5) is 0 Å². The van der Waals surface area contributed by atoms with Crippen molar-refractivity contribution in [2.75, 3.05) is 27.3 Å². The van der Waals surface area contributed by atoms with Gasteiger partial charge < -0.3 is 14.8 Å². The molecule has 0 radical (unpaired) electrons. The molecule has 0 saturated carbocycles. The smallest absolute Gasteiger partial charge is 0.261 e. The fourth-order valence-electron chi connectivity index (χ4n) is 4.10. The lowest BCUT2D eigenvalue weighted by Gasteiger charge is -2.26. The highest BCUT2D eigenvalue weighted by molar-refractivity contribution is 7.20. The lowest BCUT2D eigenvalue weighted by atomic mass is 10.1. The number of aromatic nitrogens is 2. The lowest BCUT2D eigenvalue weighted by molar-refractivity contribution is 0.0954. The van der Waals surface area contributed by atoms with E-state index in [1.165, 1.54) is 49.3 Å². The molecule has 7 nitrogen and oxygen atoms in total. The number of amides is 1. The molecule has 0 atom stereocenters. The highest BCUT2D eigenvalue weighted by Crippen LogP contribution is 2.35. The first-order valence-electron chi connectivity index (χ1n) is 11.0. The predicted molar refractivity (Wildman–Crippen MR) is 126 cm³/mol. The monoisotopic (exact) mass is 454 g/mol. The number of hydrogen-bond acceptors (Lipinski definition) is 7. The number of carbonyl (C=O) groups excluding carboxylic acids is 1. The highest BCUT2D eigenvalue weighted by Gasteiger charge is 2.21. The van der Waals surface area contributed by atoms with Crippen LogP contribution in [-0.2, 0) is 24.4 Å². The number of nitrogens with zero attached hydrogens (tertiary/aromatic N) is 3. The molecule has 1 N–H and O–H groups in total. The van der Waals surface area contributed by atoms with Crippen LogP contribution in [-0.4, -0.2) is 48.1 Å². The van der Waals surface area contributed by atoms with Crippen molar-refractivity contribution in [2.45, 2.75) is 45.9 Å². The fourth-order valence-corrected chi connectivity index (χ4v) is 5.21. The van der Waals surface area contributed by atoms with E-state index in [-0.39, 0.29) is 5.91 Å². The van der Waals surface area contributed by atoms with Crippen molar-refractivity contribution < 1.29 is 14.3 Å². The molecule has 1 amide bonds. The topological polar surface area (TPSA) is 76.6 Å². The number of methoxy groups -OCH3 is 2. The van der Waals surface area contributed by atoms with Crippen molar-refractivity contribution >= 4 is 27.5 Å². The Balaban J connectivity index is 1.43. The van der Waals surface area contributed by atoms with Crippen LogP contribution in [0.2, 0.25) is 0 Å². The number of thiophene rings is 1. The number of hydrogen-bond donors (Lipinski definition) is 1. The summed E-state index contributed by atoms with van der Waals surface area (Å²) in [5.41, 5.74) is 3.24. The van der Waals surface area contributed by atoms with E-state index in [9.17, 15) is 4.79 Å². The van der Waals surface area contributed by atoms with E-state index in [1.54, 1.807) is 14.2 Å². The van der Waals surface area contributed by atoms with Gasteiger partial charge in [0.2, 0.25) is 5.88 Å². The van der Waals surface area contributed by atoms with Gasteiger partial charge in [0.25, 0.3) is 5.91 Å². The number of piperidine rings is 1. The average molecular weight is 455 g/mol. The van der Waals surface area contributed by atoms with Crippen LogP contribution in [0.1, 0.15) is 51.4 Å². The number of fused-ring (bicyclic) bond motifs is 1. The van der Waals surface area contributed by atoms with Gasteiger partial charge in [-0.3, -0.25) is 9.69 Å². The van der Waals surface area contributed by atoms with Gasteiger partial charge >= 0.3 is 0 Å². The third-order valence-electron chi connectivity index (χ3n) is 5.81. The zero-order valence-electron chi connectivity index (χ0n) is 18.9. The molecule has 8 heteroatoms. The molecule has 3 aromatic rings. The fraction of sp³-hybridized carbons (Fsp3) is 0.458. The molecule has 32 heavy (non-hydrogen) atoms. The second-order valence-corrected chi connectivity index (χ2v) is 9.15. The maximum Gasteiger partial charge on any atom is 0.261 e. The number of ether oxygens (including phenoxy) is 2. The second-order valence-electron chi connectivity index (χ2n) is 8.15. The van der Waals surface area contributed by atoms with Gasteiger partial charge in [0.05, 0.1) is 17.4 Å². The second kappa shape index (κ2) is 10.4. The largest absolute Gasteiger partial charge is 0.480 e. The van der Waals surface area contributed by atoms with Crippen LogP contribution in [0.5, 0.6) is 5.88 Å². The molecule has 0 spiro atoms. The van der Waals surface area contributed by atoms with E-state index in [0.29, 0.717) is 29.7 Å². The zero-order chi connectivity index (χ0) is 22.5. The summed E-state index contributed by atoms with van der Waals surface area (Å²) in [5, 5.41) is 3.82. The Bertz CT molecular complexity index is 1080. The molecular weight excluding hydrogens is 424 g/mol. The normalized spacial score (nSPS) is 14.6. The average Bonchev–Trinajstić information content (AvgIpc) is 3.15. The molecule has 3 heterocycles. The van der Waals surface area contributed by atoms with Crippen molar-refractivity contribution in [3.63, 3.8) is 0 Å². The summed E-state index contributed by atoms with van der Waals surface area (Å²) in [5.74, 6) is 0.895. The molecule has 1 aliphatic heterocycles. The quantitative estimate of drug-likeness (QED) is 0.553. The third kappa shape index (κ3) is 5.09. The Labute approximate surface area is 192 Å². The Morgan fingerprint density at radius 2 is 1.81 bits per heavy atom. The van der Waals surface area contributed by atoms with Crippen molar-refractivity contribution in [1.82, 2.24) is 20.2 Å². The summed E-state index contributed by atoms with van der Waals surface area (Å²) in [6, 6.07) is 8.53. The molecule has 1 aromatic carbocycles. The summed E-state index contributed by atoms with van der Waals surface area (Å²) in [7, 11) is 3.17. The van der Waals surface area contributed by atoms with Gasteiger partial charge in [-0.1, -0.05) is 30.7 Å². The maximum absolute atomic E-state index is 12.9. The summed E-state index contributed by atoms with van der Waals surface area (Å²) < 4.78 is 10.6. The Kier molecular flexibility index (Phi) is 7.34. The number of carbonyl (C=O) groups is 1. The van der Waals surface area contributed by atoms with Crippen LogP contribution in [0.15, 0.2) is 24.3 Å². The Morgan fingerprint density at radius 3 is 2.50 bits per heavy atom. The first-order valence-corrected chi connectivity index (χ1v) is 11.8. The minimum Gasteiger partial charge on any atom is -0.480 e. The van der Waals surface area contributed by atoms with Gasteiger partial charge in [0, 0.05) is 20.2 Å². The minimum atomic E-state index is -0.113. The summed E-state index contributed by atoms with van der Waals surface area (Å²) in [6.45, 7) is 6.06. The molecule has 1 aliphatic rings. The van der Waals surface area contributed by atoms with E-state index in [1.807, 2.05) is 6.92 Å². The van der Waals surface area contributed by atoms with Gasteiger partial charge in [-0.05, 0) is 49.5 Å². The van der Waals surface area contributed by atoms with Crippen LogP contribution in [0.3, 0.4) is 0 Å². The molecule has 1 fully saturated rings. The molecule has 4 rings (SSSR count). The molecule has 2 aromatic heterocycles. The SMILES string of the molecule is COCc1nc(OC)c2c(C)c(C(=O)NCc3ccc(CN4CCCCC4)cc3)sc2n1. The van der Waals surface area contributed by atoms with E-state index in [4.69, 9.17) is 9.47 Å². The highest BCUT2D eigenvalue weighted by atomic mass is 32.1. The number of nitrogens with one attached hydrogen (secondary N) is 1. The first kappa shape index (κ1) is 22.6. The van der Waals surface area contributed by atoms with Crippen molar-refractivity contribution in [3.05, 3.63) is 51.7 Å². The molecule has 1 saturated heterocycles. The molecule has 170 valence electrons. The van der Waals surface area contributed by atoms with Crippen molar-refractivity contribution in [2.24, 2.45) is 0 Å². The van der Waals surface area contributed by atoms with E-state index >= 15 is 0 Å². The minimum absolute atomic E-state index is 0.113. The number of benzene rings is 1. The third-order valence-corrected chi connectivity index (χ3v) is 6.99. The van der Waals surface area contributed by atoms with Crippen LogP contribution < -0.4 is 10.1 Å².